The molecule has 0 amide bonds. The lowest BCUT2D eigenvalue weighted by Crippen LogP contribution is -2.50. The van der Waals surface area contributed by atoms with Crippen LogP contribution in [0.1, 0.15) is 39.0 Å². The Bertz CT molecular complexity index is 366. The predicted molar refractivity (Wildman–Crippen MR) is 74.0 cm³/mol. The van der Waals surface area contributed by atoms with Gasteiger partial charge in [-0.25, -0.2) is 0 Å². The Kier molecular flexibility index (Phi) is 4.92. The summed E-state index contributed by atoms with van der Waals surface area (Å²) in [6.07, 6.45) is 5.10. The van der Waals surface area contributed by atoms with E-state index in [0.29, 0.717) is 32.1 Å². The van der Waals surface area contributed by atoms with E-state index in [9.17, 15) is 8.42 Å². The van der Waals surface area contributed by atoms with Crippen molar-refractivity contribution >= 4 is 21.8 Å². The summed E-state index contributed by atoms with van der Waals surface area (Å²) < 4.78 is 28.3. The lowest BCUT2D eigenvalue weighted by Gasteiger charge is -2.36. The van der Waals surface area contributed by atoms with E-state index in [4.69, 9.17) is 11.6 Å². The van der Waals surface area contributed by atoms with Crippen molar-refractivity contribution < 1.29 is 8.42 Å². The van der Waals surface area contributed by atoms with Crippen molar-refractivity contribution in [3.63, 3.8) is 0 Å². The maximum Gasteiger partial charge on any atom is 0.282 e. The van der Waals surface area contributed by atoms with Crippen molar-refractivity contribution in [2.45, 2.75) is 44.4 Å². The summed E-state index contributed by atoms with van der Waals surface area (Å²) in [6.45, 7) is 4.50. The number of hydrogen-bond donors (Lipinski definition) is 0. The summed E-state index contributed by atoms with van der Waals surface area (Å²) in [7, 11) is -3.28. The third-order valence-corrected chi connectivity index (χ3v) is 6.62. The van der Waals surface area contributed by atoms with Crippen LogP contribution in [0.3, 0.4) is 0 Å². The van der Waals surface area contributed by atoms with E-state index in [1.54, 1.807) is 8.61 Å². The average molecular weight is 295 g/mol. The van der Waals surface area contributed by atoms with E-state index in [-0.39, 0.29) is 5.38 Å². The molecule has 0 spiro atoms. The Morgan fingerprint density at radius 1 is 1.00 bits per heavy atom. The second kappa shape index (κ2) is 6.07. The third kappa shape index (κ3) is 3.18. The first-order valence-corrected chi connectivity index (χ1v) is 8.74. The molecule has 0 radical (unpaired) electrons. The zero-order valence-corrected chi connectivity index (χ0v) is 12.6. The van der Waals surface area contributed by atoms with Crippen LogP contribution in [-0.2, 0) is 10.2 Å². The zero-order chi connectivity index (χ0) is 13.2. The van der Waals surface area contributed by atoms with Gasteiger partial charge in [0.05, 0.1) is 5.38 Å². The molecule has 2 fully saturated rings. The van der Waals surface area contributed by atoms with Crippen molar-refractivity contribution in [1.82, 2.24) is 8.61 Å². The summed E-state index contributed by atoms with van der Waals surface area (Å²) in [5.74, 6) is 0.405. The third-order valence-electron chi connectivity index (χ3n) is 4.05. The summed E-state index contributed by atoms with van der Waals surface area (Å²) >= 11 is 6.21. The average Bonchev–Trinajstić information content (AvgIpc) is 2.61. The normalized spacial score (nSPS) is 33.2. The topological polar surface area (TPSA) is 40.6 Å². The maximum atomic E-state index is 12.5. The van der Waals surface area contributed by atoms with Gasteiger partial charge in [-0.05, 0) is 25.2 Å². The number of alkyl halides is 1. The van der Waals surface area contributed by atoms with Crippen LogP contribution in [-0.4, -0.2) is 48.6 Å². The van der Waals surface area contributed by atoms with Gasteiger partial charge in [0, 0.05) is 26.2 Å². The van der Waals surface area contributed by atoms with Crippen LogP contribution in [0, 0.1) is 5.92 Å². The van der Waals surface area contributed by atoms with Crippen molar-refractivity contribution in [3.8, 4) is 0 Å². The van der Waals surface area contributed by atoms with Gasteiger partial charge in [-0.1, -0.05) is 19.8 Å². The van der Waals surface area contributed by atoms with Crippen LogP contribution in [0.5, 0.6) is 0 Å². The predicted octanol–water partition coefficient (Wildman–Crippen LogP) is 2.06. The Labute approximate surface area is 115 Å². The maximum absolute atomic E-state index is 12.5. The highest BCUT2D eigenvalue weighted by atomic mass is 35.5. The molecule has 2 atom stereocenters. The highest BCUT2D eigenvalue weighted by molar-refractivity contribution is 7.86. The molecule has 2 saturated heterocycles. The molecule has 6 heteroatoms. The van der Waals surface area contributed by atoms with Gasteiger partial charge in [0.15, 0.2) is 0 Å². The first kappa shape index (κ1) is 14.6. The molecule has 0 aromatic carbocycles. The van der Waals surface area contributed by atoms with Gasteiger partial charge in [-0.3, -0.25) is 0 Å². The molecule has 0 aliphatic carbocycles. The molecular weight excluding hydrogens is 272 g/mol. The zero-order valence-electron chi connectivity index (χ0n) is 11.0. The van der Waals surface area contributed by atoms with Crippen LogP contribution >= 0.6 is 11.6 Å². The van der Waals surface area contributed by atoms with Crippen molar-refractivity contribution in [2.75, 3.05) is 26.2 Å². The van der Waals surface area contributed by atoms with E-state index in [0.717, 1.165) is 32.1 Å². The summed E-state index contributed by atoms with van der Waals surface area (Å²) in [4.78, 5) is 0. The van der Waals surface area contributed by atoms with Gasteiger partial charge in [-0.15, -0.1) is 11.6 Å². The highest BCUT2D eigenvalue weighted by Crippen LogP contribution is 2.26. The highest BCUT2D eigenvalue weighted by Gasteiger charge is 2.35. The van der Waals surface area contributed by atoms with Crippen LogP contribution in [0.15, 0.2) is 0 Å². The fourth-order valence-electron chi connectivity index (χ4n) is 2.64. The Morgan fingerprint density at radius 3 is 2.17 bits per heavy atom. The molecular formula is C12H23ClN2O2S. The standard InChI is InChI=1S/C12H23ClN2O2S/c1-11-6-9-15(10-12(11)13)18(16,17)14-7-4-2-3-5-8-14/h11-12H,2-10H2,1H3. The minimum absolute atomic E-state index is 0.0551. The molecule has 0 aromatic heterocycles. The molecule has 0 N–H and O–H groups in total. The first-order valence-electron chi connectivity index (χ1n) is 6.91. The van der Waals surface area contributed by atoms with E-state index in [1.807, 2.05) is 0 Å². The molecule has 18 heavy (non-hydrogen) atoms. The van der Waals surface area contributed by atoms with Crippen molar-refractivity contribution in [3.05, 3.63) is 0 Å². The number of nitrogens with zero attached hydrogens (tertiary/aromatic N) is 2. The molecule has 106 valence electrons. The Hall–Kier alpha value is 0.160. The fourth-order valence-corrected chi connectivity index (χ4v) is 4.75. The molecule has 0 saturated carbocycles. The minimum Gasteiger partial charge on any atom is -0.195 e. The Balaban J connectivity index is 2.05. The Morgan fingerprint density at radius 2 is 1.61 bits per heavy atom. The fraction of sp³-hybridized carbons (Fsp3) is 1.00. The second-order valence-electron chi connectivity index (χ2n) is 5.46. The van der Waals surface area contributed by atoms with Crippen LogP contribution in [0.2, 0.25) is 0 Å². The lowest BCUT2D eigenvalue weighted by molar-refractivity contribution is 0.269. The van der Waals surface area contributed by atoms with Gasteiger partial charge in [0.1, 0.15) is 0 Å². The smallest absolute Gasteiger partial charge is 0.195 e. The number of hydrogen-bond acceptors (Lipinski definition) is 2. The number of rotatable bonds is 2. The van der Waals surface area contributed by atoms with Gasteiger partial charge >= 0.3 is 0 Å². The summed E-state index contributed by atoms with van der Waals surface area (Å²) in [5, 5.41) is -0.0551. The van der Waals surface area contributed by atoms with Gasteiger partial charge < -0.3 is 0 Å². The van der Waals surface area contributed by atoms with Crippen molar-refractivity contribution in [1.29, 1.82) is 0 Å². The molecule has 2 aliphatic rings. The summed E-state index contributed by atoms with van der Waals surface area (Å²) in [5.41, 5.74) is 0. The molecule has 2 heterocycles. The second-order valence-corrected chi connectivity index (χ2v) is 7.95. The lowest BCUT2D eigenvalue weighted by atomic mass is 10.0. The van der Waals surface area contributed by atoms with E-state index < -0.39 is 10.2 Å². The summed E-state index contributed by atoms with van der Waals surface area (Å²) in [6, 6.07) is 0. The monoisotopic (exact) mass is 294 g/mol. The first-order chi connectivity index (χ1) is 8.51. The number of piperidine rings is 1. The number of halogens is 1. The van der Waals surface area contributed by atoms with Gasteiger partial charge in [0.2, 0.25) is 0 Å². The van der Waals surface area contributed by atoms with Gasteiger partial charge in [0.25, 0.3) is 10.2 Å². The molecule has 0 bridgehead atoms. The van der Waals surface area contributed by atoms with E-state index in [1.165, 1.54) is 0 Å². The van der Waals surface area contributed by atoms with Crippen LogP contribution in [0.25, 0.3) is 0 Å². The van der Waals surface area contributed by atoms with Gasteiger partial charge in [-0.2, -0.15) is 17.0 Å². The van der Waals surface area contributed by atoms with Crippen LogP contribution in [0.4, 0.5) is 0 Å². The minimum atomic E-state index is -3.28. The molecule has 2 aliphatic heterocycles. The molecule has 2 unspecified atom stereocenters. The quantitative estimate of drug-likeness (QED) is 0.732. The molecule has 4 nitrogen and oxygen atoms in total. The SMILES string of the molecule is CC1CCN(S(=O)(=O)N2CCCCCC2)CC1Cl. The largest absolute Gasteiger partial charge is 0.282 e. The molecule has 0 aromatic rings. The van der Waals surface area contributed by atoms with Crippen LogP contribution < -0.4 is 0 Å². The molecule has 2 rings (SSSR count). The van der Waals surface area contributed by atoms with E-state index >= 15 is 0 Å². The van der Waals surface area contributed by atoms with E-state index in [2.05, 4.69) is 6.92 Å². The van der Waals surface area contributed by atoms with Crippen molar-refractivity contribution in [2.24, 2.45) is 5.92 Å².